The van der Waals surface area contributed by atoms with Gasteiger partial charge in [-0.3, -0.25) is 4.98 Å². The van der Waals surface area contributed by atoms with E-state index in [1.807, 2.05) is 31.2 Å². The SMILES string of the molecule is C=CCc1nc(C(C)C)c(/C=C/C)c(-c2ccc(F)cc2)c1CCN(C)CC=C. The van der Waals surface area contributed by atoms with E-state index in [-0.39, 0.29) is 11.7 Å². The van der Waals surface area contributed by atoms with Crippen molar-refractivity contribution in [1.82, 2.24) is 9.88 Å². The van der Waals surface area contributed by atoms with Gasteiger partial charge in [-0.05, 0) is 55.1 Å². The molecule has 0 bridgehead atoms. The van der Waals surface area contributed by atoms with Crippen molar-refractivity contribution in [3.8, 4) is 11.1 Å². The van der Waals surface area contributed by atoms with Gasteiger partial charge in [-0.2, -0.15) is 0 Å². The second kappa shape index (κ2) is 10.9. The monoisotopic (exact) mass is 392 g/mol. The van der Waals surface area contributed by atoms with Crippen LogP contribution < -0.4 is 0 Å². The number of aromatic nitrogens is 1. The Bertz CT molecular complexity index is 863. The fourth-order valence-electron chi connectivity index (χ4n) is 3.62. The molecule has 0 amide bonds. The zero-order valence-corrected chi connectivity index (χ0v) is 18.2. The van der Waals surface area contributed by atoms with Gasteiger partial charge < -0.3 is 4.90 Å². The molecule has 0 aliphatic carbocycles. The van der Waals surface area contributed by atoms with Crippen LogP contribution in [0.5, 0.6) is 0 Å². The first-order valence-corrected chi connectivity index (χ1v) is 10.3. The van der Waals surface area contributed by atoms with Crippen LogP contribution in [0.4, 0.5) is 4.39 Å². The van der Waals surface area contributed by atoms with Crippen molar-refractivity contribution in [2.24, 2.45) is 0 Å². The van der Waals surface area contributed by atoms with Gasteiger partial charge in [-0.25, -0.2) is 4.39 Å². The largest absolute Gasteiger partial charge is 0.302 e. The van der Waals surface area contributed by atoms with Crippen molar-refractivity contribution < 1.29 is 4.39 Å². The van der Waals surface area contributed by atoms with Crippen molar-refractivity contribution in [2.75, 3.05) is 20.1 Å². The van der Waals surface area contributed by atoms with E-state index in [1.165, 1.54) is 17.7 Å². The molecule has 1 heterocycles. The van der Waals surface area contributed by atoms with Crippen LogP contribution >= 0.6 is 0 Å². The number of nitrogens with zero attached hydrogens (tertiary/aromatic N) is 2. The lowest BCUT2D eigenvalue weighted by Crippen LogP contribution is -2.22. The maximum Gasteiger partial charge on any atom is 0.123 e. The number of hydrogen-bond acceptors (Lipinski definition) is 2. The first-order valence-electron chi connectivity index (χ1n) is 10.3. The number of halogens is 1. The molecule has 0 atom stereocenters. The Kier molecular flexibility index (Phi) is 8.53. The predicted octanol–water partition coefficient (Wildman–Crippen LogP) is 6.43. The summed E-state index contributed by atoms with van der Waals surface area (Å²) < 4.78 is 13.6. The lowest BCUT2D eigenvalue weighted by Gasteiger charge is -2.23. The van der Waals surface area contributed by atoms with E-state index in [2.05, 4.69) is 51.1 Å². The number of pyridine rings is 1. The van der Waals surface area contributed by atoms with Gasteiger partial charge in [-0.15, -0.1) is 13.2 Å². The third-order valence-corrected chi connectivity index (χ3v) is 4.99. The summed E-state index contributed by atoms with van der Waals surface area (Å²) >= 11 is 0. The van der Waals surface area contributed by atoms with E-state index in [1.54, 1.807) is 0 Å². The highest BCUT2D eigenvalue weighted by Gasteiger charge is 2.21. The highest BCUT2D eigenvalue weighted by Crippen LogP contribution is 2.36. The van der Waals surface area contributed by atoms with E-state index >= 15 is 0 Å². The number of hydrogen-bond donors (Lipinski definition) is 0. The minimum atomic E-state index is -0.224. The summed E-state index contributed by atoms with van der Waals surface area (Å²) in [5, 5.41) is 0. The molecule has 0 aliphatic rings. The Balaban J connectivity index is 2.77. The predicted molar refractivity (Wildman–Crippen MR) is 124 cm³/mol. The summed E-state index contributed by atoms with van der Waals surface area (Å²) in [5.74, 6) is 0.0551. The molecule has 0 aliphatic heterocycles. The lowest BCUT2D eigenvalue weighted by molar-refractivity contribution is 0.375. The Morgan fingerprint density at radius 3 is 2.38 bits per heavy atom. The van der Waals surface area contributed by atoms with E-state index in [0.29, 0.717) is 6.42 Å². The normalized spacial score (nSPS) is 11.6. The van der Waals surface area contributed by atoms with Crippen LogP contribution in [0.25, 0.3) is 17.2 Å². The maximum absolute atomic E-state index is 13.6. The molecule has 0 spiro atoms. The molecule has 0 fully saturated rings. The smallest absolute Gasteiger partial charge is 0.123 e. The van der Waals surface area contributed by atoms with Crippen molar-refractivity contribution in [2.45, 2.75) is 39.5 Å². The topological polar surface area (TPSA) is 16.1 Å². The molecular weight excluding hydrogens is 359 g/mol. The number of likely N-dealkylation sites (N-methyl/N-ethyl adjacent to an activating group) is 1. The highest BCUT2D eigenvalue weighted by molar-refractivity contribution is 5.80. The minimum absolute atomic E-state index is 0.224. The average Bonchev–Trinajstić information content (AvgIpc) is 2.68. The van der Waals surface area contributed by atoms with Crippen molar-refractivity contribution in [3.05, 3.63) is 84.0 Å². The molecular formula is C26H33FN2. The van der Waals surface area contributed by atoms with Crippen LogP contribution in [0.1, 0.15) is 49.2 Å². The van der Waals surface area contributed by atoms with Crippen LogP contribution in [-0.2, 0) is 12.8 Å². The average molecular weight is 393 g/mol. The Hall–Kier alpha value is -2.52. The van der Waals surface area contributed by atoms with Gasteiger partial charge in [0, 0.05) is 30.8 Å². The number of rotatable bonds is 10. The summed E-state index contributed by atoms with van der Waals surface area (Å²) in [5.41, 5.74) is 6.65. The Morgan fingerprint density at radius 2 is 1.83 bits per heavy atom. The lowest BCUT2D eigenvalue weighted by atomic mass is 9.87. The fourth-order valence-corrected chi connectivity index (χ4v) is 3.62. The molecule has 0 radical (unpaired) electrons. The molecule has 2 aromatic rings. The zero-order chi connectivity index (χ0) is 21.4. The van der Waals surface area contributed by atoms with Gasteiger partial charge in [0.1, 0.15) is 5.82 Å². The molecule has 0 saturated carbocycles. The summed E-state index contributed by atoms with van der Waals surface area (Å²) in [6, 6.07) is 6.81. The summed E-state index contributed by atoms with van der Waals surface area (Å²) in [4.78, 5) is 7.31. The zero-order valence-electron chi connectivity index (χ0n) is 18.2. The maximum atomic E-state index is 13.6. The Labute approximate surface area is 175 Å². The first-order chi connectivity index (χ1) is 13.9. The molecule has 0 saturated heterocycles. The van der Waals surface area contributed by atoms with Crippen molar-refractivity contribution >= 4 is 6.08 Å². The standard InChI is InChI=1S/C26H33FN2/c1-7-10-23-25(20-12-14-21(27)15-13-20)22(16-18-29(6)17-9-3)24(11-8-2)28-26(23)19(4)5/h7-10,12-15,19H,2-3,11,16-18H2,1,4-6H3/b10-7+. The van der Waals surface area contributed by atoms with Gasteiger partial charge in [-0.1, -0.05) is 50.3 Å². The van der Waals surface area contributed by atoms with Crippen molar-refractivity contribution in [1.29, 1.82) is 0 Å². The molecule has 154 valence electrons. The summed E-state index contributed by atoms with van der Waals surface area (Å²) in [6.45, 7) is 15.9. The van der Waals surface area contributed by atoms with E-state index < -0.39 is 0 Å². The second-order valence-electron chi connectivity index (χ2n) is 7.67. The second-order valence-corrected chi connectivity index (χ2v) is 7.67. The molecule has 2 rings (SSSR count). The molecule has 1 aromatic carbocycles. The van der Waals surface area contributed by atoms with Crippen LogP contribution in [0.2, 0.25) is 0 Å². The van der Waals surface area contributed by atoms with Crippen LogP contribution in [-0.4, -0.2) is 30.0 Å². The number of allylic oxidation sites excluding steroid dienone is 2. The minimum Gasteiger partial charge on any atom is -0.302 e. The molecule has 0 N–H and O–H groups in total. The van der Waals surface area contributed by atoms with E-state index in [0.717, 1.165) is 47.6 Å². The number of benzene rings is 1. The van der Waals surface area contributed by atoms with Crippen LogP contribution in [0.15, 0.2) is 55.7 Å². The molecule has 2 nitrogen and oxygen atoms in total. The molecule has 0 unspecified atom stereocenters. The van der Waals surface area contributed by atoms with E-state index in [4.69, 9.17) is 4.98 Å². The third kappa shape index (κ3) is 5.74. The van der Waals surface area contributed by atoms with Gasteiger partial charge in [0.15, 0.2) is 0 Å². The van der Waals surface area contributed by atoms with Gasteiger partial charge in [0.25, 0.3) is 0 Å². The van der Waals surface area contributed by atoms with Gasteiger partial charge >= 0.3 is 0 Å². The summed E-state index contributed by atoms with van der Waals surface area (Å²) in [7, 11) is 2.09. The van der Waals surface area contributed by atoms with Crippen LogP contribution in [0, 0.1) is 5.82 Å². The molecule has 1 aromatic heterocycles. The molecule has 29 heavy (non-hydrogen) atoms. The summed E-state index contributed by atoms with van der Waals surface area (Å²) in [6.07, 6.45) is 9.58. The highest BCUT2D eigenvalue weighted by atomic mass is 19.1. The fraction of sp³-hybridized carbons (Fsp3) is 0.346. The van der Waals surface area contributed by atoms with Gasteiger partial charge in [0.2, 0.25) is 0 Å². The molecule has 3 heteroatoms. The third-order valence-electron chi connectivity index (χ3n) is 4.99. The van der Waals surface area contributed by atoms with Crippen LogP contribution in [0.3, 0.4) is 0 Å². The Morgan fingerprint density at radius 1 is 1.14 bits per heavy atom. The van der Waals surface area contributed by atoms with Crippen molar-refractivity contribution in [3.63, 3.8) is 0 Å². The first kappa shape index (κ1) is 22.8. The van der Waals surface area contributed by atoms with Gasteiger partial charge in [0.05, 0.1) is 5.69 Å². The quantitative estimate of drug-likeness (QED) is 0.433. The van der Waals surface area contributed by atoms with E-state index in [9.17, 15) is 4.39 Å².